The molecule has 0 atom stereocenters. The first-order chi connectivity index (χ1) is 12.6. The van der Waals surface area contributed by atoms with Gasteiger partial charge in [-0.15, -0.1) is 11.8 Å². The zero-order valence-corrected chi connectivity index (χ0v) is 17.0. The van der Waals surface area contributed by atoms with Crippen LogP contribution in [0.5, 0.6) is 5.75 Å². The van der Waals surface area contributed by atoms with Gasteiger partial charge < -0.3 is 21.9 Å². The molecule has 1 aliphatic heterocycles. The van der Waals surface area contributed by atoms with Crippen molar-refractivity contribution < 1.29 is 4.74 Å². The Morgan fingerprint density at radius 2 is 1.93 bits per heavy atom. The Bertz CT molecular complexity index is 928. The number of aryl methyl sites for hydroxylation is 1. The molecule has 0 saturated carbocycles. The summed E-state index contributed by atoms with van der Waals surface area (Å²) in [6, 6.07) is 9.76. The summed E-state index contributed by atoms with van der Waals surface area (Å²) >= 11 is 8.34. The lowest BCUT2D eigenvalue weighted by atomic mass is 9.99. The predicted octanol–water partition coefficient (Wildman–Crippen LogP) is 3.80. The Kier molecular flexibility index (Phi) is 5.26. The van der Waals surface area contributed by atoms with E-state index in [2.05, 4.69) is 29.9 Å². The number of thioether (sulfide) groups is 1. The van der Waals surface area contributed by atoms with Gasteiger partial charge in [-0.1, -0.05) is 17.7 Å². The summed E-state index contributed by atoms with van der Waals surface area (Å²) in [4.78, 5) is 9.01. The largest absolute Gasteiger partial charge is 0.486 e. The van der Waals surface area contributed by atoms with E-state index < -0.39 is 0 Å². The van der Waals surface area contributed by atoms with E-state index in [1.165, 1.54) is 0 Å². The molecule has 142 valence electrons. The van der Waals surface area contributed by atoms with Crippen molar-refractivity contribution in [2.24, 2.45) is 27.2 Å². The van der Waals surface area contributed by atoms with E-state index in [1.807, 2.05) is 25.1 Å². The summed E-state index contributed by atoms with van der Waals surface area (Å²) in [5.41, 5.74) is 19.7. The summed E-state index contributed by atoms with van der Waals surface area (Å²) in [5.74, 6) is 1.63. The second-order valence-electron chi connectivity index (χ2n) is 6.94. The molecule has 1 heterocycles. The first-order valence-corrected chi connectivity index (χ1v) is 9.71. The Morgan fingerprint density at radius 1 is 1.19 bits per heavy atom. The van der Waals surface area contributed by atoms with Gasteiger partial charge in [0.15, 0.2) is 5.96 Å². The van der Waals surface area contributed by atoms with Crippen LogP contribution in [0, 0.1) is 6.92 Å². The number of halogens is 1. The third kappa shape index (κ3) is 4.48. The summed E-state index contributed by atoms with van der Waals surface area (Å²) in [6.45, 7) is 6.15. The van der Waals surface area contributed by atoms with Gasteiger partial charge in [0.25, 0.3) is 0 Å². The fourth-order valence-electron chi connectivity index (χ4n) is 2.89. The van der Waals surface area contributed by atoms with Gasteiger partial charge >= 0.3 is 0 Å². The number of rotatable bonds is 2. The van der Waals surface area contributed by atoms with E-state index in [1.54, 1.807) is 17.8 Å². The minimum atomic E-state index is -0.165. The lowest BCUT2D eigenvalue weighted by molar-refractivity contribution is 0.127. The molecule has 0 aliphatic carbocycles. The maximum Gasteiger partial charge on any atom is 0.223 e. The maximum absolute atomic E-state index is 6.55. The van der Waals surface area contributed by atoms with E-state index in [4.69, 9.17) is 33.5 Å². The van der Waals surface area contributed by atoms with Crippen molar-refractivity contribution in [3.63, 3.8) is 0 Å². The highest BCUT2D eigenvalue weighted by molar-refractivity contribution is 7.99. The molecule has 27 heavy (non-hydrogen) atoms. The van der Waals surface area contributed by atoms with Crippen LogP contribution >= 0.6 is 23.4 Å². The first-order valence-electron chi connectivity index (χ1n) is 8.35. The molecule has 0 fully saturated rings. The molecule has 0 amide bonds. The van der Waals surface area contributed by atoms with Crippen molar-refractivity contribution in [3.8, 4) is 16.9 Å². The third-order valence-electron chi connectivity index (χ3n) is 3.95. The van der Waals surface area contributed by atoms with E-state index in [-0.39, 0.29) is 17.5 Å². The molecule has 1 aliphatic rings. The van der Waals surface area contributed by atoms with Crippen molar-refractivity contribution in [2.75, 3.05) is 5.75 Å². The molecule has 0 saturated heterocycles. The van der Waals surface area contributed by atoms with E-state index in [9.17, 15) is 0 Å². The van der Waals surface area contributed by atoms with Crippen molar-refractivity contribution in [1.82, 2.24) is 0 Å². The predicted molar refractivity (Wildman–Crippen MR) is 114 cm³/mol. The van der Waals surface area contributed by atoms with Crippen LogP contribution in [0.4, 0.5) is 5.69 Å². The van der Waals surface area contributed by atoms with Gasteiger partial charge in [0.2, 0.25) is 5.96 Å². The minimum absolute atomic E-state index is 0.0249. The zero-order valence-electron chi connectivity index (χ0n) is 15.4. The highest BCUT2D eigenvalue weighted by Crippen LogP contribution is 2.43. The van der Waals surface area contributed by atoms with Gasteiger partial charge in [-0.25, -0.2) is 4.99 Å². The topological polar surface area (TPSA) is 112 Å². The fourth-order valence-corrected chi connectivity index (χ4v) is 4.28. The van der Waals surface area contributed by atoms with Crippen LogP contribution < -0.4 is 21.9 Å². The summed E-state index contributed by atoms with van der Waals surface area (Å²) < 4.78 is 6.05. The highest BCUT2D eigenvalue weighted by atomic mass is 35.5. The second kappa shape index (κ2) is 7.32. The van der Waals surface area contributed by atoms with Crippen LogP contribution in [0.2, 0.25) is 5.02 Å². The number of fused-ring (bicyclic) bond motifs is 1. The van der Waals surface area contributed by atoms with Crippen molar-refractivity contribution >= 4 is 41.0 Å². The molecule has 2 aromatic rings. The van der Waals surface area contributed by atoms with E-state index in [0.717, 1.165) is 33.1 Å². The Balaban J connectivity index is 1.98. The molecule has 0 aromatic heterocycles. The Morgan fingerprint density at radius 3 is 2.59 bits per heavy atom. The highest BCUT2D eigenvalue weighted by Gasteiger charge is 2.27. The lowest BCUT2D eigenvalue weighted by Crippen LogP contribution is -2.33. The zero-order chi connectivity index (χ0) is 19.8. The molecule has 6 nitrogen and oxygen atoms in total. The number of hydrogen-bond acceptors (Lipinski definition) is 3. The number of guanidine groups is 2. The van der Waals surface area contributed by atoms with Crippen molar-refractivity contribution in [1.29, 1.82) is 0 Å². The van der Waals surface area contributed by atoms with Gasteiger partial charge in [0, 0.05) is 11.3 Å². The number of aliphatic imine (C=N–C) groups is 2. The van der Waals surface area contributed by atoms with Crippen LogP contribution in [0.1, 0.15) is 19.4 Å². The molecule has 8 heteroatoms. The monoisotopic (exact) mass is 403 g/mol. The summed E-state index contributed by atoms with van der Waals surface area (Å²) in [6.07, 6.45) is 0. The van der Waals surface area contributed by atoms with Crippen LogP contribution in [-0.2, 0) is 0 Å². The van der Waals surface area contributed by atoms with E-state index in [0.29, 0.717) is 10.7 Å². The number of nitrogens with zero attached hydrogens (tertiary/aromatic N) is 2. The first kappa shape index (κ1) is 19.4. The van der Waals surface area contributed by atoms with Crippen LogP contribution in [0.3, 0.4) is 0 Å². The van der Waals surface area contributed by atoms with Gasteiger partial charge in [0.05, 0.1) is 15.6 Å². The average molecular weight is 404 g/mol. The summed E-state index contributed by atoms with van der Waals surface area (Å²) in [7, 11) is 0. The molecule has 0 bridgehead atoms. The molecule has 0 unspecified atom stereocenters. The molecule has 0 spiro atoms. The van der Waals surface area contributed by atoms with Gasteiger partial charge in [-0.05, 0) is 56.2 Å². The number of ether oxygens (including phenoxy) is 1. The lowest BCUT2D eigenvalue weighted by Gasteiger charge is -2.32. The van der Waals surface area contributed by atoms with Gasteiger partial charge in [-0.3, -0.25) is 0 Å². The normalized spacial score (nSPS) is 15.6. The van der Waals surface area contributed by atoms with E-state index >= 15 is 0 Å². The second-order valence-corrected chi connectivity index (χ2v) is 8.36. The third-order valence-corrected chi connectivity index (χ3v) is 5.72. The van der Waals surface area contributed by atoms with Gasteiger partial charge in [-0.2, -0.15) is 4.99 Å². The molecule has 6 N–H and O–H groups in total. The Labute approximate surface area is 167 Å². The summed E-state index contributed by atoms with van der Waals surface area (Å²) in [5, 5.41) is 0.577. The number of nitrogens with two attached hydrogens (primary N) is 3. The smallest absolute Gasteiger partial charge is 0.223 e. The molecular formula is C19H22ClN5OS. The molecule has 2 aromatic carbocycles. The van der Waals surface area contributed by atoms with Crippen molar-refractivity contribution in [2.45, 2.75) is 31.3 Å². The molecular weight excluding hydrogens is 382 g/mol. The Hall–Kier alpha value is -2.38. The fraction of sp³-hybridized carbons (Fsp3) is 0.263. The molecule has 0 radical (unpaired) electrons. The van der Waals surface area contributed by atoms with Crippen molar-refractivity contribution in [3.05, 3.63) is 40.9 Å². The number of benzene rings is 2. The van der Waals surface area contributed by atoms with Crippen LogP contribution in [-0.4, -0.2) is 23.3 Å². The maximum atomic E-state index is 6.55. The minimum Gasteiger partial charge on any atom is -0.486 e. The van der Waals surface area contributed by atoms with Crippen LogP contribution in [0.15, 0.2) is 45.2 Å². The SMILES string of the molecule is Cc1cc(N=C(N)N=C(N)N)cc(Cl)c1-c1ccc2c(c1)SCC(C)(C)O2. The average Bonchev–Trinajstić information content (AvgIpc) is 2.52. The standard InChI is InChI=1S/C19H22ClN5OS/c1-10-6-12(24-18(23)25-17(21)22)8-13(20)16(10)11-4-5-14-15(7-11)27-9-19(2,3)26-14/h4-8H,9H2,1-3H3,(H6,21,22,23,24,25). The van der Waals surface area contributed by atoms with Gasteiger partial charge in [0.1, 0.15) is 11.4 Å². The number of hydrogen-bond donors (Lipinski definition) is 3. The molecule has 3 rings (SSSR count). The quantitative estimate of drug-likeness (QED) is 0.521. The van der Waals surface area contributed by atoms with Crippen LogP contribution in [0.25, 0.3) is 11.1 Å².